The molecular weight excluding hydrogens is 769 g/mol. The number of rotatable bonds is 5. The summed E-state index contributed by atoms with van der Waals surface area (Å²) in [5, 5.41) is 2.19. The van der Waals surface area contributed by atoms with Crippen molar-refractivity contribution in [2.24, 2.45) is 0 Å². The zero-order chi connectivity index (χ0) is 48.3. The normalized spacial score (nSPS) is 13.6. The molecule has 0 atom stereocenters. The van der Waals surface area contributed by atoms with Crippen molar-refractivity contribution in [2.75, 3.05) is 0 Å². The number of imidazole rings is 1. The smallest absolute Gasteiger partial charge is 0.269 e. The quantitative estimate of drug-likeness (QED) is 0.128. The zero-order valence-electron chi connectivity index (χ0n) is 41.7. The van der Waals surface area contributed by atoms with Gasteiger partial charge in [-0.05, 0) is 116 Å². The van der Waals surface area contributed by atoms with E-state index in [1.807, 2.05) is 132 Å². The van der Waals surface area contributed by atoms with Crippen molar-refractivity contribution in [3.05, 3.63) is 212 Å². The van der Waals surface area contributed by atoms with Crippen LogP contribution in [0.2, 0.25) is 0 Å². The molecule has 0 radical (unpaired) electrons. The minimum Gasteiger partial charge on any atom is -0.458 e. The molecule has 0 saturated carbocycles. The van der Waals surface area contributed by atoms with E-state index in [9.17, 15) is 6.85 Å². The van der Waals surface area contributed by atoms with E-state index in [0.717, 1.165) is 44.3 Å². The minimum absolute atomic E-state index is 0.0662. The molecule has 0 fully saturated rings. The van der Waals surface area contributed by atoms with Crippen molar-refractivity contribution in [3.63, 3.8) is 0 Å². The lowest BCUT2D eigenvalue weighted by Gasteiger charge is -2.23. The number of pyridine rings is 1. The number of benzene rings is 8. The third-order valence-electron chi connectivity index (χ3n) is 12.0. The maximum atomic E-state index is 10.1. The molecule has 3 aromatic heterocycles. The van der Waals surface area contributed by atoms with Crippen molar-refractivity contribution in [2.45, 2.75) is 26.2 Å². The Bertz CT molecular complexity index is 4020. The largest absolute Gasteiger partial charge is 0.458 e. The number of ether oxygens (including phenoxy) is 1. The molecule has 0 unspecified atom stereocenters. The fourth-order valence-corrected chi connectivity index (χ4v) is 8.98. The van der Waals surface area contributed by atoms with E-state index in [2.05, 4.69) is 62.0 Å². The molecule has 0 saturated heterocycles. The Hall–Kier alpha value is -8.02. The highest BCUT2D eigenvalue weighted by Crippen LogP contribution is 2.48. The molecule has 300 valence electrons. The van der Waals surface area contributed by atoms with Crippen molar-refractivity contribution in [3.8, 4) is 73.2 Å². The first kappa shape index (κ1) is 30.1. The third kappa shape index (κ3) is 6.07. The van der Waals surface area contributed by atoms with Gasteiger partial charge in [-0.2, -0.15) is 0 Å². The molecule has 63 heavy (non-hydrogen) atoms. The number of hydrogen-bond donors (Lipinski definition) is 0. The van der Waals surface area contributed by atoms with E-state index in [1.54, 1.807) is 4.57 Å². The SMILES string of the molecule is [2H]c1c([2H])c([2H])c2c(c1[2H])-c1ccccc1-c1ccccc1-c1c([2H])c(-[n+]3[c-]n(-c4cccc(Oc5ccc6c7ccccc7n(-c7cc(C(C)(C)C)ccn7)c6c5)c4)c4ccccc43)c([2H])c([2H])c1-2. The van der Waals surface area contributed by atoms with Crippen LogP contribution < -0.4 is 9.30 Å². The molecule has 11 aromatic rings. The van der Waals surface area contributed by atoms with Gasteiger partial charge in [0.2, 0.25) is 0 Å². The molecule has 0 spiro atoms. The van der Waals surface area contributed by atoms with Crippen LogP contribution in [0.5, 0.6) is 11.5 Å². The highest BCUT2D eigenvalue weighted by molar-refractivity contribution is 6.09. The second-order valence-corrected chi connectivity index (χ2v) is 16.9. The molecule has 5 heteroatoms. The van der Waals surface area contributed by atoms with Gasteiger partial charge in [0.15, 0.2) is 0 Å². The molecular formula is C58H42N4O. The standard InChI is InChI=1S/C58H42N4O/c1-58(2,3)38-31-32-59-57(33-38)62-53-24-11-10-23-50(53)51-30-28-42(36-56(51)62)63-41-16-14-15-39(34-41)60-37-61(55-26-13-12-25-54(55)60)40-27-29-49-47-21-7-6-19-45(47)43-17-4-5-18-44(43)46-20-8-9-22-48(46)52(49)35-40/h4-36H,1-3H3/i6D,7D,19D,21D,27D,29D,35D. The predicted molar refractivity (Wildman–Crippen MR) is 256 cm³/mol. The maximum absolute atomic E-state index is 10.1. The van der Waals surface area contributed by atoms with Gasteiger partial charge in [-0.1, -0.05) is 148 Å². The first-order valence-electron chi connectivity index (χ1n) is 24.5. The molecule has 5 nitrogen and oxygen atoms in total. The number of hydrogen-bond acceptors (Lipinski definition) is 2. The molecule has 0 aliphatic heterocycles. The molecule has 12 rings (SSSR count). The number of aromatic nitrogens is 4. The highest BCUT2D eigenvalue weighted by atomic mass is 16.5. The van der Waals surface area contributed by atoms with Gasteiger partial charge < -0.3 is 4.74 Å². The predicted octanol–water partition coefficient (Wildman–Crippen LogP) is 14.3. The lowest BCUT2D eigenvalue weighted by molar-refractivity contribution is -0.572. The molecule has 0 bridgehead atoms. The van der Waals surface area contributed by atoms with Crippen LogP contribution in [-0.2, 0) is 5.41 Å². The van der Waals surface area contributed by atoms with E-state index >= 15 is 0 Å². The maximum Gasteiger partial charge on any atom is 0.269 e. The first-order valence-corrected chi connectivity index (χ1v) is 21.0. The summed E-state index contributed by atoms with van der Waals surface area (Å²) < 4.78 is 77.9. The van der Waals surface area contributed by atoms with E-state index < -0.39 is 12.1 Å². The Morgan fingerprint density at radius 2 is 1.19 bits per heavy atom. The van der Waals surface area contributed by atoms with Crippen molar-refractivity contribution in [1.82, 2.24) is 14.1 Å². The summed E-state index contributed by atoms with van der Waals surface area (Å²) in [7, 11) is 0. The van der Waals surface area contributed by atoms with Crippen LogP contribution in [0.4, 0.5) is 0 Å². The van der Waals surface area contributed by atoms with Gasteiger partial charge in [0, 0.05) is 23.0 Å². The number of nitrogens with zero attached hydrogens (tertiary/aromatic N) is 4. The third-order valence-corrected chi connectivity index (χ3v) is 12.0. The lowest BCUT2D eigenvalue weighted by Crippen LogP contribution is -2.29. The van der Waals surface area contributed by atoms with Gasteiger partial charge in [0.05, 0.1) is 43.0 Å². The van der Waals surface area contributed by atoms with E-state index in [0.29, 0.717) is 33.8 Å². The van der Waals surface area contributed by atoms with Gasteiger partial charge in [0.25, 0.3) is 6.33 Å². The van der Waals surface area contributed by atoms with Crippen LogP contribution >= 0.6 is 0 Å². The summed E-state index contributed by atoms with van der Waals surface area (Å²) in [6, 6.07) is 46.8. The van der Waals surface area contributed by atoms with E-state index in [-0.39, 0.29) is 63.6 Å². The second-order valence-electron chi connectivity index (χ2n) is 16.9. The fourth-order valence-electron chi connectivity index (χ4n) is 8.98. The van der Waals surface area contributed by atoms with Gasteiger partial charge >= 0.3 is 0 Å². The van der Waals surface area contributed by atoms with Crippen LogP contribution in [0.3, 0.4) is 0 Å². The molecule has 0 N–H and O–H groups in total. The Balaban J connectivity index is 1.01. The number of para-hydroxylation sites is 3. The van der Waals surface area contributed by atoms with Gasteiger partial charge in [0.1, 0.15) is 17.3 Å². The van der Waals surface area contributed by atoms with Gasteiger partial charge in [-0.15, -0.1) is 0 Å². The summed E-state index contributed by atoms with van der Waals surface area (Å²) in [6.45, 7) is 6.59. The average Bonchev–Trinajstić information content (AvgIpc) is 3.91. The Labute approximate surface area is 376 Å². The summed E-state index contributed by atoms with van der Waals surface area (Å²) in [6.07, 6.45) is 5.32. The van der Waals surface area contributed by atoms with E-state index in [1.165, 1.54) is 5.56 Å². The molecule has 3 heterocycles. The first-order chi connectivity index (χ1) is 33.8. The summed E-state index contributed by atoms with van der Waals surface area (Å²) in [5.74, 6) is 2.03. The number of fused-ring (bicyclic) bond motifs is 12. The Kier molecular flexibility index (Phi) is 6.82. The Morgan fingerprint density at radius 1 is 0.556 bits per heavy atom. The van der Waals surface area contributed by atoms with Gasteiger partial charge in [-0.3, -0.25) is 13.7 Å². The van der Waals surface area contributed by atoms with E-state index in [4.69, 9.17) is 12.5 Å². The van der Waals surface area contributed by atoms with Crippen molar-refractivity contribution >= 4 is 32.8 Å². The summed E-state index contributed by atoms with van der Waals surface area (Å²) in [5.41, 5.74) is 8.59. The van der Waals surface area contributed by atoms with Crippen LogP contribution in [-0.4, -0.2) is 14.1 Å². The molecule has 0 amide bonds. The van der Waals surface area contributed by atoms with Crippen LogP contribution in [0.15, 0.2) is 200 Å². The van der Waals surface area contributed by atoms with Crippen molar-refractivity contribution < 1.29 is 18.9 Å². The highest BCUT2D eigenvalue weighted by Gasteiger charge is 2.23. The summed E-state index contributed by atoms with van der Waals surface area (Å²) >= 11 is 0. The molecule has 1 aliphatic rings. The van der Waals surface area contributed by atoms with Crippen molar-refractivity contribution in [1.29, 1.82) is 0 Å². The Morgan fingerprint density at radius 3 is 1.97 bits per heavy atom. The lowest BCUT2D eigenvalue weighted by atomic mass is 9.81. The molecule has 8 aromatic carbocycles. The topological polar surface area (TPSA) is 35.9 Å². The average molecular weight is 818 g/mol. The summed E-state index contributed by atoms with van der Waals surface area (Å²) in [4.78, 5) is 4.84. The molecule has 1 aliphatic carbocycles. The zero-order valence-corrected chi connectivity index (χ0v) is 34.7. The second kappa shape index (κ2) is 14.3. The minimum atomic E-state index is -0.456. The van der Waals surface area contributed by atoms with Gasteiger partial charge in [-0.25, -0.2) is 4.98 Å². The monoisotopic (exact) mass is 817 g/mol. The van der Waals surface area contributed by atoms with Crippen LogP contribution in [0.25, 0.3) is 94.5 Å². The fraction of sp³-hybridized carbons (Fsp3) is 0.0690. The van der Waals surface area contributed by atoms with Crippen LogP contribution in [0, 0.1) is 6.33 Å². The van der Waals surface area contributed by atoms with Crippen LogP contribution in [0.1, 0.15) is 35.9 Å².